The predicted octanol–water partition coefficient (Wildman–Crippen LogP) is -1.50. The molecule has 0 aromatic rings. The van der Waals surface area contributed by atoms with E-state index in [9.17, 15) is 9.59 Å². The van der Waals surface area contributed by atoms with Crippen molar-refractivity contribution in [2.75, 3.05) is 13.1 Å². The molecular weight excluding hydrogens is 210 g/mol. The van der Waals surface area contributed by atoms with Crippen LogP contribution in [0.3, 0.4) is 0 Å². The van der Waals surface area contributed by atoms with Crippen LogP contribution in [0.15, 0.2) is 0 Å². The Hall–Kier alpha value is -1.14. The van der Waals surface area contributed by atoms with E-state index in [0.717, 1.165) is 19.3 Å². The molecule has 0 aromatic heterocycles. The Bertz CT molecular complexity index is 295. The van der Waals surface area contributed by atoms with E-state index in [2.05, 4.69) is 10.6 Å². The first-order chi connectivity index (χ1) is 7.70. The van der Waals surface area contributed by atoms with Crippen LogP contribution in [0.5, 0.6) is 0 Å². The molecule has 0 aliphatic carbocycles. The molecule has 0 radical (unpaired) electrons. The van der Waals surface area contributed by atoms with Gasteiger partial charge in [-0.05, 0) is 19.3 Å². The second kappa shape index (κ2) is 4.80. The Kier molecular flexibility index (Phi) is 3.40. The van der Waals surface area contributed by atoms with Crippen LogP contribution < -0.4 is 16.4 Å². The van der Waals surface area contributed by atoms with E-state index in [1.54, 1.807) is 0 Å². The van der Waals surface area contributed by atoms with E-state index in [0.29, 0.717) is 13.1 Å². The van der Waals surface area contributed by atoms with Crippen molar-refractivity contribution in [1.29, 1.82) is 0 Å². The summed E-state index contributed by atoms with van der Waals surface area (Å²) in [7, 11) is 0. The number of amides is 2. The lowest BCUT2D eigenvalue weighted by Gasteiger charge is -2.19. The Labute approximate surface area is 93.9 Å². The summed E-state index contributed by atoms with van der Waals surface area (Å²) in [5, 5.41) is 5.14. The minimum atomic E-state index is -0.617. The SMILES string of the molecule is NCCNC(=O)C(=O)NC1CC2CCC1O2. The molecule has 2 heterocycles. The quantitative estimate of drug-likeness (QED) is 0.511. The van der Waals surface area contributed by atoms with E-state index in [1.807, 2.05) is 0 Å². The zero-order valence-electron chi connectivity index (χ0n) is 9.07. The standard InChI is InChI=1S/C10H17N3O3/c11-3-4-12-9(14)10(15)13-7-5-6-1-2-8(7)16-6/h6-8H,1-5,11H2,(H,12,14)(H,13,15). The van der Waals surface area contributed by atoms with Gasteiger partial charge in [0, 0.05) is 13.1 Å². The third-order valence-electron chi connectivity index (χ3n) is 3.06. The molecule has 0 spiro atoms. The number of ether oxygens (including phenoxy) is 1. The van der Waals surface area contributed by atoms with Gasteiger partial charge in [0.2, 0.25) is 0 Å². The average Bonchev–Trinajstić information content (AvgIpc) is 2.87. The molecule has 16 heavy (non-hydrogen) atoms. The van der Waals surface area contributed by atoms with E-state index >= 15 is 0 Å². The van der Waals surface area contributed by atoms with Gasteiger partial charge in [0.1, 0.15) is 0 Å². The van der Waals surface area contributed by atoms with Gasteiger partial charge in [-0.2, -0.15) is 0 Å². The van der Waals surface area contributed by atoms with E-state index < -0.39 is 11.8 Å². The van der Waals surface area contributed by atoms with Gasteiger partial charge < -0.3 is 21.1 Å². The fourth-order valence-electron chi connectivity index (χ4n) is 2.29. The molecule has 2 fully saturated rings. The molecule has 2 aliphatic heterocycles. The Morgan fingerprint density at radius 2 is 2.12 bits per heavy atom. The highest BCUT2D eigenvalue weighted by atomic mass is 16.5. The molecule has 0 saturated carbocycles. The second-order valence-corrected chi connectivity index (χ2v) is 4.23. The van der Waals surface area contributed by atoms with E-state index in [1.165, 1.54) is 0 Å². The van der Waals surface area contributed by atoms with Crippen LogP contribution in [0.25, 0.3) is 0 Å². The zero-order chi connectivity index (χ0) is 11.5. The summed E-state index contributed by atoms with van der Waals surface area (Å²) in [6, 6.07) is -0.00474. The van der Waals surface area contributed by atoms with Gasteiger partial charge in [0.05, 0.1) is 18.2 Å². The predicted molar refractivity (Wildman–Crippen MR) is 56.5 cm³/mol. The number of fused-ring (bicyclic) bond motifs is 2. The van der Waals surface area contributed by atoms with Crippen LogP contribution in [0.4, 0.5) is 0 Å². The minimum absolute atomic E-state index is 0.00474. The van der Waals surface area contributed by atoms with E-state index in [-0.39, 0.29) is 18.2 Å². The molecule has 3 unspecified atom stereocenters. The molecule has 3 atom stereocenters. The molecule has 6 heteroatoms. The molecular formula is C10H17N3O3. The molecule has 0 aromatic carbocycles. The van der Waals surface area contributed by atoms with E-state index in [4.69, 9.17) is 10.5 Å². The van der Waals surface area contributed by atoms with Gasteiger partial charge >= 0.3 is 11.8 Å². The normalized spacial score (nSPS) is 31.4. The summed E-state index contributed by atoms with van der Waals surface area (Å²) in [6.45, 7) is 0.649. The van der Waals surface area contributed by atoms with Crippen LogP contribution in [0.1, 0.15) is 19.3 Å². The Morgan fingerprint density at radius 3 is 2.69 bits per heavy atom. The first-order valence-electron chi connectivity index (χ1n) is 5.65. The number of hydrogen-bond donors (Lipinski definition) is 3. The molecule has 4 N–H and O–H groups in total. The number of rotatable bonds is 3. The van der Waals surface area contributed by atoms with Crippen LogP contribution in [0, 0.1) is 0 Å². The van der Waals surface area contributed by atoms with Gasteiger partial charge in [0.25, 0.3) is 0 Å². The van der Waals surface area contributed by atoms with Gasteiger partial charge in [-0.25, -0.2) is 0 Å². The number of nitrogens with one attached hydrogen (secondary N) is 2. The highest BCUT2D eigenvalue weighted by Crippen LogP contribution is 2.34. The zero-order valence-corrected chi connectivity index (χ0v) is 9.07. The summed E-state index contributed by atoms with van der Waals surface area (Å²) >= 11 is 0. The largest absolute Gasteiger partial charge is 0.373 e. The van der Waals surface area contributed by atoms with Gasteiger partial charge in [-0.1, -0.05) is 0 Å². The highest BCUT2D eigenvalue weighted by molar-refractivity contribution is 6.35. The number of nitrogens with two attached hydrogens (primary N) is 1. The third-order valence-corrected chi connectivity index (χ3v) is 3.06. The molecule has 90 valence electrons. The number of carbonyl (C=O) groups is 2. The van der Waals surface area contributed by atoms with Crippen LogP contribution >= 0.6 is 0 Å². The fraction of sp³-hybridized carbons (Fsp3) is 0.800. The van der Waals surface area contributed by atoms with Crippen molar-refractivity contribution in [3.63, 3.8) is 0 Å². The van der Waals surface area contributed by atoms with Crippen molar-refractivity contribution in [2.24, 2.45) is 5.73 Å². The number of carbonyl (C=O) groups excluding carboxylic acids is 2. The molecule has 2 rings (SSSR count). The van der Waals surface area contributed by atoms with Crippen molar-refractivity contribution in [3.05, 3.63) is 0 Å². The molecule has 2 bridgehead atoms. The van der Waals surface area contributed by atoms with Crippen LogP contribution in [-0.4, -0.2) is 43.2 Å². The van der Waals surface area contributed by atoms with Crippen LogP contribution in [0.2, 0.25) is 0 Å². The van der Waals surface area contributed by atoms with Crippen molar-refractivity contribution >= 4 is 11.8 Å². The molecule has 2 amide bonds. The topological polar surface area (TPSA) is 93.5 Å². The smallest absolute Gasteiger partial charge is 0.309 e. The van der Waals surface area contributed by atoms with Crippen LogP contribution in [-0.2, 0) is 14.3 Å². The fourth-order valence-corrected chi connectivity index (χ4v) is 2.29. The Balaban J connectivity index is 1.77. The molecule has 2 saturated heterocycles. The summed E-state index contributed by atoms with van der Waals surface area (Å²) in [6.07, 6.45) is 3.22. The van der Waals surface area contributed by atoms with Gasteiger partial charge in [0.15, 0.2) is 0 Å². The number of hydrogen-bond acceptors (Lipinski definition) is 4. The van der Waals surface area contributed by atoms with Crippen molar-refractivity contribution in [2.45, 2.75) is 37.5 Å². The monoisotopic (exact) mass is 227 g/mol. The minimum Gasteiger partial charge on any atom is -0.373 e. The average molecular weight is 227 g/mol. The maximum atomic E-state index is 11.5. The third kappa shape index (κ3) is 2.33. The summed E-state index contributed by atoms with van der Waals surface area (Å²) < 4.78 is 5.58. The maximum absolute atomic E-state index is 11.5. The molecule has 2 aliphatic rings. The van der Waals surface area contributed by atoms with Gasteiger partial charge in [-0.3, -0.25) is 9.59 Å². The summed E-state index contributed by atoms with van der Waals surface area (Å²) in [5.74, 6) is -1.21. The second-order valence-electron chi connectivity index (χ2n) is 4.23. The first kappa shape index (κ1) is 11.3. The summed E-state index contributed by atoms with van der Waals surface area (Å²) in [4.78, 5) is 22.7. The van der Waals surface area contributed by atoms with Gasteiger partial charge in [-0.15, -0.1) is 0 Å². The lowest BCUT2D eigenvalue weighted by Crippen LogP contribution is -2.48. The first-order valence-corrected chi connectivity index (χ1v) is 5.65. The maximum Gasteiger partial charge on any atom is 0.309 e. The summed E-state index contributed by atoms with van der Waals surface area (Å²) in [5.41, 5.74) is 5.22. The molecule has 6 nitrogen and oxygen atoms in total. The Morgan fingerprint density at radius 1 is 1.31 bits per heavy atom. The van der Waals surface area contributed by atoms with Crippen molar-refractivity contribution < 1.29 is 14.3 Å². The highest BCUT2D eigenvalue weighted by Gasteiger charge is 2.41. The lowest BCUT2D eigenvalue weighted by atomic mass is 9.95. The lowest BCUT2D eigenvalue weighted by molar-refractivity contribution is -0.139. The van der Waals surface area contributed by atoms with Crippen molar-refractivity contribution in [1.82, 2.24) is 10.6 Å². The van der Waals surface area contributed by atoms with Crippen molar-refractivity contribution in [3.8, 4) is 0 Å².